The van der Waals surface area contributed by atoms with Crippen LogP contribution in [0.2, 0.25) is 0 Å². The zero-order valence-electron chi connectivity index (χ0n) is 16.4. The largest absolute Gasteiger partial charge is 0.353 e. The Morgan fingerprint density at radius 2 is 1.65 bits per heavy atom. The SMILES string of the molecule is C=C(Nc1cn[nH]c1C(=C)Nc1cncc(-c2cccc(F)c2)c1)c1cncc(F)c1. The van der Waals surface area contributed by atoms with E-state index in [4.69, 9.17) is 0 Å². The van der Waals surface area contributed by atoms with Crippen molar-refractivity contribution in [3.05, 3.63) is 103 Å². The number of halogens is 2. The van der Waals surface area contributed by atoms with Crippen LogP contribution < -0.4 is 10.6 Å². The van der Waals surface area contributed by atoms with Gasteiger partial charge in [-0.3, -0.25) is 15.1 Å². The number of pyridine rings is 2. The molecule has 0 amide bonds. The molecule has 0 bridgehead atoms. The lowest BCUT2D eigenvalue weighted by Crippen LogP contribution is -2.04. The Hall–Kier alpha value is -4.33. The molecule has 8 heteroatoms. The third-order valence-corrected chi connectivity index (χ3v) is 4.47. The second-order valence-electron chi connectivity index (χ2n) is 6.73. The quantitative estimate of drug-likeness (QED) is 0.381. The highest BCUT2D eigenvalue weighted by Crippen LogP contribution is 2.27. The van der Waals surface area contributed by atoms with Crippen LogP contribution in [0.4, 0.5) is 20.2 Å². The fourth-order valence-corrected chi connectivity index (χ4v) is 2.99. The molecule has 0 fully saturated rings. The minimum absolute atomic E-state index is 0.317. The number of hydrogen-bond acceptors (Lipinski definition) is 5. The lowest BCUT2D eigenvalue weighted by Gasteiger charge is -2.13. The van der Waals surface area contributed by atoms with Crippen molar-refractivity contribution in [1.29, 1.82) is 0 Å². The number of rotatable bonds is 7. The van der Waals surface area contributed by atoms with Gasteiger partial charge in [-0.1, -0.05) is 25.3 Å². The van der Waals surface area contributed by atoms with Crippen LogP contribution in [-0.2, 0) is 0 Å². The average Bonchev–Trinajstić information content (AvgIpc) is 3.22. The number of benzene rings is 1. The number of anilines is 2. The Labute approximate surface area is 177 Å². The summed E-state index contributed by atoms with van der Waals surface area (Å²) in [5, 5.41) is 13.2. The minimum Gasteiger partial charge on any atom is -0.353 e. The Kier molecular flexibility index (Phi) is 5.53. The molecule has 4 aromatic rings. The molecule has 0 aliphatic heterocycles. The van der Waals surface area contributed by atoms with E-state index in [1.54, 1.807) is 24.7 Å². The van der Waals surface area contributed by atoms with Crippen LogP contribution in [0.3, 0.4) is 0 Å². The van der Waals surface area contributed by atoms with E-state index in [0.717, 1.165) is 11.8 Å². The Morgan fingerprint density at radius 1 is 0.806 bits per heavy atom. The molecule has 0 radical (unpaired) electrons. The van der Waals surface area contributed by atoms with Gasteiger partial charge in [0, 0.05) is 29.2 Å². The number of aromatic amines is 1. The smallest absolute Gasteiger partial charge is 0.142 e. The van der Waals surface area contributed by atoms with Crippen molar-refractivity contribution in [1.82, 2.24) is 20.2 Å². The third-order valence-electron chi connectivity index (χ3n) is 4.47. The van der Waals surface area contributed by atoms with E-state index in [2.05, 4.69) is 44.0 Å². The molecule has 1 aromatic carbocycles. The Morgan fingerprint density at radius 3 is 2.45 bits per heavy atom. The number of H-pyrrole nitrogens is 1. The minimum atomic E-state index is -0.454. The maximum absolute atomic E-state index is 13.5. The lowest BCUT2D eigenvalue weighted by molar-refractivity contribution is 0.621. The van der Waals surface area contributed by atoms with Gasteiger partial charge in [-0.15, -0.1) is 0 Å². The van der Waals surface area contributed by atoms with Crippen molar-refractivity contribution in [2.75, 3.05) is 10.6 Å². The summed E-state index contributed by atoms with van der Waals surface area (Å²) in [6, 6.07) is 9.46. The molecule has 0 aliphatic rings. The van der Waals surface area contributed by atoms with Crippen LogP contribution in [0.25, 0.3) is 22.5 Å². The lowest BCUT2D eigenvalue weighted by atomic mass is 10.1. The van der Waals surface area contributed by atoms with Crippen molar-refractivity contribution in [2.24, 2.45) is 0 Å². The second kappa shape index (κ2) is 8.58. The first kappa shape index (κ1) is 20.0. The van der Waals surface area contributed by atoms with Gasteiger partial charge in [-0.2, -0.15) is 5.10 Å². The van der Waals surface area contributed by atoms with Gasteiger partial charge in [0.15, 0.2) is 0 Å². The van der Waals surface area contributed by atoms with E-state index in [-0.39, 0.29) is 5.82 Å². The summed E-state index contributed by atoms with van der Waals surface area (Å²) < 4.78 is 27.0. The van der Waals surface area contributed by atoms with Gasteiger partial charge in [0.05, 0.1) is 35.7 Å². The molecule has 3 N–H and O–H groups in total. The Bertz CT molecular complexity index is 1260. The van der Waals surface area contributed by atoms with Crippen LogP contribution in [0, 0.1) is 11.6 Å². The normalized spacial score (nSPS) is 10.5. The van der Waals surface area contributed by atoms with Crippen LogP contribution >= 0.6 is 0 Å². The maximum atomic E-state index is 13.5. The number of nitrogens with one attached hydrogen (secondary N) is 3. The topological polar surface area (TPSA) is 78.5 Å². The molecule has 3 aromatic heterocycles. The summed E-state index contributed by atoms with van der Waals surface area (Å²) in [5.74, 6) is -0.771. The van der Waals surface area contributed by atoms with Gasteiger partial charge >= 0.3 is 0 Å². The van der Waals surface area contributed by atoms with Crippen molar-refractivity contribution < 1.29 is 8.78 Å². The molecule has 0 saturated carbocycles. The summed E-state index contributed by atoms with van der Waals surface area (Å²) in [7, 11) is 0. The molecule has 3 heterocycles. The second-order valence-corrected chi connectivity index (χ2v) is 6.73. The zero-order valence-corrected chi connectivity index (χ0v) is 16.4. The Balaban J connectivity index is 1.51. The van der Waals surface area contributed by atoms with Crippen LogP contribution in [0.15, 0.2) is 80.5 Å². The number of nitrogens with zero attached hydrogens (tertiary/aromatic N) is 3. The molecule has 0 unspecified atom stereocenters. The summed E-state index contributed by atoms with van der Waals surface area (Å²) in [5.41, 5.74) is 4.80. The van der Waals surface area contributed by atoms with E-state index in [1.165, 1.54) is 24.4 Å². The maximum Gasteiger partial charge on any atom is 0.142 e. The first-order chi connectivity index (χ1) is 15.0. The predicted octanol–water partition coefficient (Wildman–Crippen LogP) is 5.31. The molecule has 154 valence electrons. The first-order valence-electron chi connectivity index (χ1n) is 9.27. The highest BCUT2D eigenvalue weighted by molar-refractivity contribution is 5.85. The molecule has 31 heavy (non-hydrogen) atoms. The molecular formula is C23H18F2N6. The highest BCUT2D eigenvalue weighted by atomic mass is 19.1. The van der Waals surface area contributed by atoms with E-state index in [0.29, 0.717) is 39.6 Å². The van der Waals surface area contributed by atoms with Gasteiger partial charge in [-0.25, -0.2) is 8.78 Å². The third kappa shape index (κ3) is 4.64. The first-order valence-corrected chi connectivity index (χ1v) is 9.27. The van der Waals surface area contributed by atoms with Gasteiger partial charge in [0.25, 0.3) is 0 Å². The highest BCUT2D eigenvalue weighted by Gasteiger charge is 2.12. The van der Waals surface area contributed by atoms with Gasteiger partial charge < -0.3 is 10.6 Å². The van der Waals surface area contributed by atoms with Crippen molar-refractivity contribution in [2.45, 2.75) is 0 Å². The molecule has 0 aliphatic carbocycles. The molecule has 6 nitrogen and oxygen atoms in total. The molecule has 0 spiro atoms. The number of aromatic nitrogens is 4. The van der Waals surface area contributed by atoms with Gasteiger partial charge in [-0.05, 0) is 29.8 Å². The predicted molar refractivity (Wildman–Crippen MR) is 118 cm³/mol. The summed E-state index contributed by atoms with van der Waals surface area (Å²) in [4.78, 5) is 8.05. The van der Waals surface area contributed by atoms with E-state index in [9.17, 15) is 8.78 Å². The van der Waals surface area contributed by atoms with Crippen molar-refractivity contribution in [3.8, 4) is 11.1 Å². The van der Waals surface area contributed by atoms with Gasteiger partial charge in [0.1, 0.15) is 17.3 Å². The van der Waals surface area contributed by atoms with Crippen LogP contribution in [-0.4, -0.2) is 20.2 Å². The fourth-order valence-electron chi connectivity index (χ4n) is 2.99. The molecule has 0 atom stereocenters. The summed E-state index contributed by atoms with van der Waals surface area (Å²) >= 11 is 0. The number of hydrogen-bond donors (Lipinski definition) is 3. The monoisotopic (exact) mass is 416 g/mol. The van der Waals surface area contributed by atoms with Crippen LogP contribution in [0.5, 0.6) is 0 Å². The summed E-state index contributed by atoms with van der Waals surface area (Å²) in [6.07, 6.45) is 7.49. The van der Waals surface area contributed by atoms with Crippen molar-refractivity contribution in [3.63, 3.8) is 0 Å². The zero-order chi connectivity index (χ0) is 21.8. The standard InChI is InChI=1S/C23H18F2N6/c1-14(17-7-20(25)11-26-9-17)30-22-13-28-31-23(22)15(2)29-21-8-18(10-27-12-21)16-4-3-5-19(24)6-16/h3-13,29-30H,1-2H2,(H,28,31). The van der Waals surface area contributed by atoms with E-state index in [1.807, 2.05) is 12.1 Å². The molecule has 4 rings (SSSR count). The van der Waals surface area contributed by atoms with E-state index < -0.39 is 5.82 Å². The van der Waals surface area contributed by atoms with E-state index >= 15 is 0 Å². The summed E-state index contributed by atoms with van der Waals surface area (Å²) in [6.45, 7) is 7.98. The average molecular weight is 416 g/mol. The fraction of sp³-hybridized carbons (Fsp3) is 0. The van der Waals surface area contributed by atoms with Crippen molar-refractivity contribution >= 4 is 22.8 Å². The van der Waals surface area contributed by atoms with Crippen LogP contribution in [0.1, 0.15) is 11.3 Å². The molecule has 0 saturated heterocycles. The molecular weight excluding hydrogens is 398 g/mol. The van der Waals surface area contributed by atoms with Gasteiger partial charge in [0.2, 0.25) is 0 Å².